The number of carbonyl (C=O) groups is 1. The number of likely N-dealkylation sites (N-methyl/N-ethyl adjacent to an activating group) is 1. The van der Waals surface area contributed by atoms with Gasteiger partial charge in [-0.2, -0.15) is 0 Å². The molecule has 4 heteroatoms. The van der Waals surface area contributed by atoms with E-state index >= 15 is 0 Å². The summed E-state index contributed by atoms with van der Waals surface area (Å²) in [6.07, 6.45) is 20.4. The third-order valence-electron chi connectivity index (χ3n) is 5.87. The SMILES string of the molecule is CCCCCCCCCCCC(=O)OCCC(O)C(CCCCCCCC)NC. The van der Waals surface area contributed by atoms with E-state index in [1.807, 2.05) is 7.05 Å². The number of nitrogens with one attached hydrogen (secondary N) is 1. The second-order valence-corrected chi connectivity index (χ2v) is 8.61. The number of rotatable bonds is 22. The van der Waals surface area contributed by atoms with Gasteiger partial charge in [0.2, 0.25) is 0 Å². The molecule has 4 nitrogen and oxygen atoms in total. The van der Waals surface area contributed by atoms with Gasteiger partial charge >= 0.3 is 5.97 Å². The highest BCUT2D eigenvalue weighted by atomic mass is 16.5. The minimum Gasteiger partial charge on any atom is -0.466 e. The molecule has 0 bridgehead atoms. The van der Waals surface area contributed by atoms with Crippen molar-refractivity contribution in [2.75, 3.05) is 13.7 Å². The van der Waals surface area contributed by atoms with E-state index in [1.54, 1.807) is 0 Å². The van der Waals surface area contributed by atoms with Gasteiger partial charge in [-0.05, 0) is 19.9 Å². The molecular weight excluding hydrogens is 362 g/mol. The van der Waals surface area contributed by atoms with Gasteiger partial charge < -0.3 is 15.2 Å². The van der Waals surface area contributed by atoms with Crippen molar-refractivity contribution >= 4 is 5.97 Å². The molecule has 0 aromatic rings. The highest BCUT2D eigenvalue weighted by molar-refractivity contribution is 5.69. The van der Waals surface area contributed by atoms with Crippen molar-refractivity contribution in [3.8, 4) is 0 Å². The third kappa shape index (κ3) is 19.1. The van der Waals surface area contributed by atoms with Crippen LogP contribution >= 0.6 is 0 Å². The molecule has 0 saturated heterocycles. The number of aliphatic hydroxyl groups excluding tert-OH is 1. The molecule has 0 aliphatic carbocycles. The molecule has 2 unspecified atom stereocenters. The van der Waals surface area contributed by atoms with Crippen LogP contribution in [-0.2, 0) is 9.53 Å². The van der Waals surface area contributed by atoms with Crippen LogP contribution in [0.2, 0.25) is 0 Å². The largest absolute Gasteiger partial charge is 0.466 e. The topological polar surface area (TPSA) is 58.6 Å². The van der Waals surface area contributed by atoms with E-state index in [0.29, 0.717) is 19.4 Å². The lowest BCUT2D eigenvalue weighted by Crippen LogP contribution is -2.38. The third-order valence-corrected chi connectivity index (χ3v) is 5.87. The van der Waals surface area contributed by atoms with Gasteiger partial charge in [-0.25, -0.2) is 0 Å². The van der Waals surface area contributed by atoms with Crippen molar-refractivity contribution in [3.63, 3.8) is 0 Å². The van der Waals surface area contributed by atoms with Gasteiger partial charge in [0.05, 0.1) is 12.7 Å². The highest BCUT2D eigenvalue weighted by Gasteiger charge is 2.17. The molecule has 0 aliphatic rings. The van der Waals surface area contributed by atoms with Crippen LogP contribution in [0.4, 0.5) is 0 Å². The van der Waals surface area contributed by atoms with Crippen LogP contribution in [0.5, 0.6) is 0 Å². The van der Waals surface area contributed by atoms with Crippen molar-refractivity contribution in [1.29, 1.82) is 0 Å². The number of hydrogen-bond acceptors (Lipinski definition) is 4. The fraction of sp³-hybridized carbons (Fsp3) is 0.960. The van der Waals surface area contributed by atoms with Crippen molar-refractivity contribution in [3.05, 3.63) is 0 Å². The Morgan fingerprint density at radius 3 is 1.76 bits per heavy atom. The van der Waals surface area contributed by atoms with Crippen LogP contribution in [0.25, 0.3) is 0 Å². The van der Waals surface area contributed by atoms with Crippen LogP contribution in [0.1, 0.15) is 129 Å². The molecule has 0 aromatic heterocycles. The fourth-order valence-electron chi connectivity index (χ4n) is 3.82. The maximum absolute atomic E-state index is 11.8. The summed E-state index contributed by atoms with van der Waals surface area (Å²) in [5.74, 6) is -0.114. The van der Waals surface area contributed by atoms with Gasteiger partial charge in [0.1, 0.15) is 0 Å². The first-order valence-corrected chi connectivity index (χ1v) is 12.7. The Morgan fingerprint density at radius 2 is 1.24 bits per heavy atom. The van der Waals surface area contributed by atoms with Gasteiger partial charge in [-0.1, -0.05) is 104 Å². The van der Waals surface area contributed by atoms with E-state index in [1.165, 1.54) is 77.0 Å². The molecule has 2 atom stereocenters. The maximum Gasteiger partial charge on any atom is 0.305 e. The second kappa shape index (κ2) is 22.1. The van der Waals surface area contributed by atoms with Crippen LogP contribution in [0.3, 0.4) is 0 Å². The predicted octanol–water partition coefficient (Wildman–Crippen LogP) is 6.54. The van der Waals surface area contributed by atoms with Crippen LogP contribution in [0, 0.1) is 0 Å². The Kier molecular flexibility index (Phi) is 21.6. The fourth-order valence-corrected chi connectivity index (χ4v) is 3.82. The zero-order valence-electron chi connectivity index (χ0n) is 19.9. The second-order valence-electron chi connectivity index (χ2n) is 8.61. The first-order chi connectivity index (χ1) is 14.2. The van der Waals surface area contributed by atoms with Crippen LogP contribution in [-0.4, -0.2) is 36.9 Å². The number of hydrogen-bond donors (Lipinski definition) is 2. The minimum absolute atomic E-state index is 0.0946. The normalized spacial score (nSPS) is 13.4. The first kappa shape index (κ1) is 28.4. The van der Waals surface area contributed by atoms with Crippen molar-refractivity contribution < 1.29 is 14.6 Å². The van der Waals surface area contributed by atoms with Gasteiger partial charge in [0, 0.05) is 18.9 Å². The summed E-state index contributed by atoms with van der Waals surface area (Å²) in [5.41, 5.74) is 0. The molecule has 0 aliphatic heterocycles. The molecule has 0 saturated carbocycles. The van der Waals surface area contributed by atoms with Crippen molar-refractivity contribution in [2.45, 2.75) is 142 Å². The molecule has 0 amide bonds. The van der Waals surface area contributed by atoms with E-state index in [-0.39, 0.29) is 12.0 Å². The Bertz CT molecular complexity index is 349. The van der Waals surface area contributed by atoms with Gasteiger partial charge in [-0.3, -0.25) is 4.79 Å². The number of unbranched alkanes of at least 4 members (excludes halogenated alkanes) is 13. The number of carbonyl (C=O) groups excluding carboxylic acids is 1. The van der Waals surface area contributed by atoms with E-state index in [9.17, 15) is 9.90 Å². The summed E-state index contributed by atoms with van der Waals surface area (Å²) in [4.78, 5) is 11.8. The molecule has 0 rings (SSSR count). The Balaban J connectivity index is 3.59. The average Bonchev–Trinajstić information content (AvgIpc) is 2.72. The Morgan fingerprint density at radius 1 is 0.759 bits per heavy atom. The average molecular weight is 414 g/mol. The summed E-state index contributed by atoms with van der Waals surface area (Å²) >= 11 is 0. The quantitative estimate of drug-likeness (QED) is 0.156. The molecule has 0 aromatic carbocycles. The number of esters is 1. The molecule has 2 N–H and O–H groups in total. The van der Waals surface area contributed by atoms with E-state index < -0.39 is 6.10 Å². The lowest BCUT2D eigenvalue weighted by molar-refractivity contribution is -0.144. The van der Waals surface area contributed by atoms with Crippen LogP contribution in [0.15, 0.2) is 0 Å². The first-order valence-electron chi connectivity index (χ1n) is 12.7. The molecule has 0 heterocycles. The minimum atomic E-state index is -0.448. The zero-order chi connectivity index (χ0) is 21.6. The summed E-state index contributed by atoms with van der Waals surface area (Å²) in [6.45, 7) is 4.80. The number of aliphatic hydroxyl groups is 1. The maximum atomic E-state index is 11.8. The molecule has 0 radical (unpaired) electrons. The summed E-state index contributed by atoms with van der Waals surface area (Å²) in [7, 11) is 1.90. The molecule has 29 heavy (non-hydrogen) atoms. The smallest absolute Gasteiger partial charge is 0.305 e. The van der Waals surface area contributed by atoms with E-state index in [0.717, 1.165) is 25.7 Å². The summed E-state index contributed by atoms with van der Waals surface area (Å²) in [5, 5.41) is 13.6. The standard InChI is InChI=1S/C25H51NO3/c1-4-6-8-10-12-13-14-16-18-20-25(28)29-22-21-24(27)23(26-3)19-17-15-11-9-7-5-2/h23-24,26-27H,4-22H2,1-3H3. The molecule has 0 fully saturated rings. The molecule has 0 spiro atoms. The Hall–Kier alpha value is -0.610. The predicted molar refractivity (Wildman–Crippen MR) is 124 cm³/mol. The van der Waals surface area contributed by atoms with E-state index in [4.69, 9.17) is 4.74 Å². The van der Waals surface area contributed by atoms with Gasteiger partial charge in [0.15, 0.2) is 0 Å². The van der Waals surface area contributed by atoms with Crippen LogP contribution < -0.4 is 5.32 Å². The lowest BCUT2D eigenvalue weighted by atomic mass is 10.0. The lowest BCUT2D eigenvalue weighted by Gasteiger charge is -2.22. The van der Waals surface area contributed by atoms with E-state index in [2.05, 4.69) is 19.2 Å². The summed E-state index contributed by atoms with van der Waals surface area (Å²) in [6, 6.07) is 0.0946. The Labute approximate surface area is 181 Å². The monoisotopic (exact) mass is 413 g/mol. The molecule has 174 valence electrons. The zero-order valence-corrected chi connectivity index (χ0v) is 19.9. The van der Waals surface area contributed by atoms with Gasteiger partial charge in [-0.15, -0.1) is 0 Å². The number of ether oxygens (including phenoxy) is 1. The molecular formula is C25H51NO3. The van der Waals surface area contributed by atoms with Crippen molar-refractivity contribution in [2.24, 2.45) is 0 Å². The summed E-state index contributed by atoms with van der Waals surface area (Å²) < 4.78 is 5.32. The van der Waals surface area contributed by atoms with Crippen molar-refractivity contribution in [1.82, 2.24) is 5.32 Å². The van der Waals surface area contributed by atoms with Gasteiger partial charge in [0.25, 0.3) is 0 Å². The highest BCUT2D eigenvalue weighted by Crippen LogP contribution is 2.13.